The average Bonchev–Trinajstić information content (AvgIpc) is 2.67. The van der Waals surface area contributed by atoms with Gasteiger partial charge in [-0.3, -0.25) is 4.57 Å². The molecule has 0 spiro atoms. The monoisotopic (exact) mass is 549 g/mol. The van der Waals surface area contributed by atoms with E-state index in [4.69, 9.17) is 23.2 Å². The van der Waals surface area contributed by atoms with Gasteiger partial charge in [-0.2, -0.15) is 8.42 Å². The Balaban J connectivity index is 0. The van der Waals surface area contributed by atoms with Gasteiger partial charge < -0.3 is 23.0 Å². The van der Waals surface area contributed by atoms with Gasteiger partial charge in [0.2, 0.25) is 7.60 Å². The van der Waals surface area contributed by atoms with Gasteiger partial charge in [0.15, 0.2) is 0 Å². The second-order valence-corrected chi connectivity index (χ2v) is 16.3. The van der Waals surface area contributed by atoms with Crippen LogP contribution in [0, 0.1) is 0 Å². The van der Waals surface area contributed by atoms with Crippen LogP contribution in [0.4, 0.5) is 0 Å². The molecule has 0 radical (unpaired) electrons. The first-order chi connectivity index (χ1) is 14.0. The molecule has 0 aliphatic carbocycles. The fourth-order valence-corrected chi connectivity index (χ4v) is 8.32. The van der Waals surface area contributed by atoms with E-state index in [9.17, 15) is 22.4 Å². The first-order valence-electron chi connectivity index (χ1n) is 10.2. The summed E-state index contributed by atoms with van der Waals surface area (Å²) in [5.41, 5.74) is 0. The molecule has 0 aromatic carbocycles. The van der Waals surface area contributed by atoms with Gasteiger partial charge >= 0.3 is 7.60 Å². The predicted octanol–water partition coefficient (Wildman–Crippen LogP) is 4.92. The van der Waals surface area contributed by atoms with E-state index >= 15 is 0 Å². The molecule has 0 fully saturated rings. The van der Waals surface area contributed by atoms with Crippen molar-refractivity contribution in [2.75, 3.05) is 47.2 Å². The summed E-state index contributed by atoms with van der Waals surface area (Å²) in [5.74, 6) is 0. The van der Waals surface area contributed by atoms with E-state index in [0.29, 0.717) is 6.26 Å². The lowest BCUT2D eigenvalue weighted by Gasteiger charge is -2.35. The normalized spacial score (nSPS) is 15.2. The van der Waals surface area contributed by atoms with Gasteiger partial charge in [0.05, 0.1) is 32.9 Å². The number of hydrogen-bond acceptors (Lipinski definition) is 8. The van der Waals surface area contributed by atoms with Crippen molar-refractivity contribution in [3.63, 3.8) is 0 Å². The van der Waals surface area contributed by atoms with E-state index in [-0.39, 0.29) is 0 Å². The van der Waals surface area contributed by atoms with Crippen molar-refractivity contribution in [3.05, 3.63) is 0 Å². The Hall–Kier alpha value is 0.790. The van der Waals surface area contributed by atoms with Gasteiger partial charge in [-0.05, 0) is 19.3 Å². The van der Waals surface area contributed by atoms with Crippen molar-refractivity contribution in [2.45, 2.75) is 63.1 Å². The molecule has 0 aliphatic heterocycles. The molecule has 1 atom stereocenters. The van der Waals surface area contributed by atoms with Gasteiger partial charge in [-0.1, -0.05) is 63.2 Å². The molecule has 0 saturated carbocycles. The summed E-state index contributed by atoms with van der Waals surface area (Å²) < 4.78 is 55.0. The second-order valence-electron chi connectivity index (χ2n) is 7.50. The lowest BCUT2D eigenvalue weighted by Crippen LogP contribution is -2.46. The summed E-state index contributed by atoms with van der Waals surface area (Å²) in [5, 5.41) is 0. The van der Waals surface area contributed by atoms with Crippen molar-refractivity contribution >= 4 is 48.5 Å². The van der Waals surface area contributed by atoms with E-state index in [1.807, 2.05) is 0 Å². The van der Waals surface area contributed by atoms with Gasteiger partial charge in [-0.25, -0.2) is 3.97 Å². The lowest BCUT2D eigenvalue weighted by molar-refractivity contribution is -0.910. The van der Waals surface area contributed by atoms with Gasteiger partial charge in [0.1, 0.15) is 0 Å². The summed E-state index contributed by atoms with van der Waals surface area (Å²) in [4.78, 5) is 11.5. The van der Waals surface area contributed by atoms with Crippen molar-refractivity contribution in [3.8, 4) is 0 Å². The highest BCUT2D eigenvalue weighted by Crippen LogP contribution is 2.78. The van der Waals surface area contributed by atoms with E-state index in [2.05, 4.69) is 40.8 Å². The summed E-state index contributed by atoms with van der Waals surface area (Å²) in [6, 6.07) is 0. The van der Waals surface area contributed by atoms with Crippen LogP contribution in [0.5, 0.6) is 0 Å². The molecule has 31 heavy (non-hydrogen) atoms. The smallest absolute Gasteiger partial charge is 0.374 e. The number of unbranched alkanes of at least 4 members (excludes halogenated alkanes) is 3. The van der Waals surface area contributed by atoms with Crippen molar-refractivity contribution in [2.24, 2.45) is 0 Å². The lowest BCUT2D eigenvalue weighted by atomic mass is 10.2. The summed E-state index contributed by atoms with van der Waals surface area (Å²) in [6.45, 7) is 11.0. The summed E-state index contributed by atoms with van der Waals surface area (Å²) in [7, 11) is -10.3. The number of halogens is 2. The quantitative estimate of drug-likeness (QED) is 0.160. The molecule has 9 nitrogen and oxygen atoms in total. The molecule has 1 unspecified atom stereocenters. The Bertz CT molecular complexity index is 676. The van der Waals surface area contributed by atoms with Crippen LogP contribution in [0.1, 0.15) is 59.3 Å². The molecule has 0 aromatic heterocycles. The zero-order valence-corrected chi connectivity index (χ0v) is 23.8. The van der Waals surface area contributed by atoms with Gasteiger partial charge in [-0.15, -0.1) is 0 Å². The van der Waals surface area contributed by atoms with Crippen molar-refractivity contribution in [1.82, 2.24) is 0 Å². The van der Waals surface area contributed by atoms with Gasteiger partial charge in [0.25, 0.3) is 13.9 Å². The van der Waals surface area contributed by atoms with Crippen LogP contribution in [0.3, 0.4) is 0 Å². The third-order valence-electron chi connectivity index (χ3n) is 4.53. The van der Waals surface area contributed by atoms with Crippen LogP contribution in [0.2, 0.25) is 0 Å². The molecular weight excluding hydrogens is 511 g/mol. The van der Waals surface area contributed by atoms with Crippen LogP contribution < -0.4 is 4.89 Å². The van der Waals surface area contributed by atoms with Crippen LogP contribution >= 0.6 is 38.4 Å². The highest BCUT2D eigenvalue weighted by Gasteiger charge is 2.57. The molecule has 0 saturated heterocycles. The number of alkyl halides is 2. The van der Waals surface area contributed by atoms with Crippen LogP contribution in [-0.4, -0.2) is 63.9 Å². The molecule has 0 heterocycles. The summed E-state index contributed by atoms with van der Waals surface area (Å²) in [6.07, 6.45) is 8.65. The number of quaternary nitrogens is 1. The van der Waals surface area contributed by atoms with Crippen molar-refractivity contribution < 1.29 is 39.9 Å². The Labute approximate surface area is 198 Å². The first kappa shape index (κ1) is 34.0. The Morgan fingerprint density at radius 3 is 1.45 bits per heavy atom. The fourth-order valence-electron chi connectivity index (χ4n) is 2.62. The first-order valence-corrected chi connectivity index (χ1v) is 15.8. The van der Waals surface area contributed by atoms with E-state index in [1.165, 1.54) is 62.6 Å². The second kappa shape index (κ2) is 14.9. The van der Waals surface area contributed by atoms with Crippen LogP contribution in [0.25, 0.3) is 0 Å². The molecule has 0 bridgehead atoms. The largest absolute Gasteiger partial charge is 0.775 e. The molecule has 0 aliphatic rings. The zero-order valence-electron chi connectivity index (χ0n) is 19.6. The Kier molecular flexibility index (Phi) is 16.3. The maximum Gasteiger partial charge on any atom is 0.374 e. The molecule has 190 valence electrons. The Morgan fingerprint density at radius 2 is 1.23 bits per heavy atom. The van der Waals surface area contributed by atoms with Crippen LogP contribution in [0.15, 0.2) is 0 Å². The molecule has 0 N–H and O–H groups in total. The highest BCUT2D eigenvalue weighted by atomic mass is 35.5. The fraction of sp³-hybridized carbons (Fsp3) is 1.00. The molecule has 0 aromatic rings. The standard InChI is InChI=1S/C13H30N.C4H10Cl2O8P2S/c1-5-8-11-14(4,12-9-6-2)13-10-7-3;1-12-16(9,13-2)4(5,6)15(7,8)14-17(3,10)11/h5-13H2,1-4H3;1-3H3,(H,7,8)/q+1;/p-1. The maximum absolute atomic E-state index is 11.7. The topological polar surface area (TPSA) is 119 Å². The SMILES string of the molecule is CCCC[N+](C)(CCCC)CCCC.COP(=O)(OC)C(Cl)(Cl)P(=O)([O-])OS(C)(=O)=O. The van der Waals surface area contributed by atoms with E-state index in [1.54, 1.807) is 0 Å². The minimum atomic E-state index is -5.49. The molecule has 14 heteroatoms. The molecule has 0 amide bonds. The summed E-state index contributed by atoms with van der Waals surface area (Å²) >= 11 is 10.7. The third kappa shape index (κ3) is 12.2. The zero-order chi connectivity index (χ0) is 25.0. The maximum atomic E-state index is 11.7. The molecule has 0 rings (SSSR count). The number of rotatable bonds is 15. The van der Waals surface area contributed by atoms with E-state index in [0.717, 1.165) is 14.2 Å². The highest BCUT2D eigenvalue weighted by molar-refractivity contribution is 7.93. The van der Waals surface area contributed by atoms with Gasteiger partial charge in [0, 0.05) is 14.2 Å². The number of hydrogen-bond donors (Lipinski definition) is 0. The minimum absolute atomic E-state index is 0.450. The number of nitrogens with zero attached hydrogens (tertiary/aromatic N) is 1. The van der Waals surface area contributed by atoms with Crippen LogP contribution in [-0.2, 0) is 32.3 Å². The minimum Gasteiger partial charge on any atom is -0.775 e. The predicted molar refractivity (Wildman–Crippen MR) is 125 cm³/mol. The van der Waals surface area contributed by atoms with Crippen molar-refractivity contribution in [1.29, 1.82) is 0 Å². The Morgan fingerprint density at radius 1 is 0.903 bits per heavy atom. The molecular formula is C17H39Cl2NO8P2S. The average molecular weight is 550 g/mol. The van der Waals surface area contributed by atoms with E-state index < -0.39 is 29.1 Å². The third-order valence-corrected chi connectivity index (χ3v) is 12.6.